The number of aryl methyl sites for hydroxylation is 2. The predicted molar refractivity (Wildman–Crippen MR) is 73.1 cm³/mol. The largest absolute Gasteiger partial charge is 0.378 e. The van der Waals surface area contributed by atoms with Gasteiger partial charge < -0.3 is 4.74 Å². The molecule has 0 spiro atoms. The fraction of sp³-hybridized carbons (Fsp3) is 0.562. The molecule has 1 aromatic carbocycles. The minimum Gasteiger partial charge on any atom is -0.378 e. The number of carbonyl (C=O) groups is 1. The summed E-state index contributed by atoms with van der Waals surface area (Å²) < 4.78 is 5.66. The molecule has 0 amide bonds. The molecule has 2 rings (SSSR count). The average Bonchev–Trinajstić information content (AvgIpc) is 2.36. The van der Waals surface area contributed by atoms with Crippen molar-refractivity contribution in [2.75, 3.05) is 6.61 Å². The molecule has 1 aliphatic rings. The van der Waals surface area contributed by atoms with E-state index in [-0.39, 0.29) is 5.78 Å². The number of ether oxygens (including phenoxy) is 1. The lowest BCUT2D eigenvalue weighted by molar-refractivity contribution is 0.0104. The molecule has 1 atom stereocenters. The molecule has 0 bridgehead atoms. The van der Waals surface area contributed by atoms with E-state index in [0.29, 0.717) is 12.5 Å². The van der Waals surface area contributed by atoms with E-state index in [9.17, 15) is 4.79 Å². The average molecular weight is 246 g/mol. The summed E-state index contributed by atoms with van der Waals surface area (Å²) in [5, 5.41) is 0. The Morgan fingerprint density at radius 1 is 1.22 bits per heavy atom. The Morgan fingerprint density at radius 3 is 2.56 bits per heavy atom. The van der Waals surface area contributed by atoms with Crippen LogP contribution in [0.3, 0.4) is 0 Å². The molecule has 0 aliphatic carbocycles. The molecular formula is C16H22O2. The summed E-state index contributed by atoms with van der Waals surface area (Å²) in [6.45, 7) is 4.93. The molecule has 1 fully saturated rings. The van der Waals surface area contributed by atoms with Crippen LogP contribution < -0.4 is 0 Å². The van der Waals surface area contributed by atoms with E-state index in [4.69, 9.17) is 4.74 Å². The predicted octanol–water partition coefficient (Wildman–Crippen LogP) is 3.84. The first-order chi connectivity index (χ1) is 8.65. The topological polar surface area (TPSA) is 26.3 Å². The van der Waals surface area contributed by atoms with Crippen molar-refractivity contribution in [2.24, 2.45) is 0 Å². The number of hydrogen-bond acceptors (Lipinski definition) is 2. The highest BCUT2D eigenvalue weighted by Gasteiger charge is 2.16. The SMILES string of the molecule is Cc1cc(C)cc(C(=O)CCC2CCCCO2)c1. The Balaban J connectivity index is 1.90. The third kappa shape index (κ3) is 3.67. The van der Waals surface area contributed by atoms with Gasteiger partial charge in [-0.05, 0) is 51.7 Å². The van der Waals surface area contributed by atoms with Crippen LogP contribution in [0.2, 0.25) is 0 Å². The Hall–Kier alpha value is -1.15. The zero-order valence-corrected chi connectivity index (χ0v) is 11.4. The summed E-state index contributed by atoms with van der Waals surface area (Å²) in [5.74, 6) is 0.246. The van der Waals surface area contributed by atoms with Gasteiger partial charge in [0.05, 0.1) is 6.10 Å². The van der Waals surface area contributed by atoms with Gasteiger partial charge in [-0.15, -0.1) is 0 Å². The minimum atomic E-state index is 0.246. The van der Waals surface area contributed by atoms with Gasteiger partial charge in [0.25, 0.3) is 0 Å². The molecule has 1 saturated heterocycles. The van der Waals surface area contributed by atoms with E-state index >= 15 is 0 Å². The molecule has 18 heavy (non-hydrogen) atoms. The van der Waals surface area contributed by atoms with E-state index in [1.807, 2.05) is 26.0 Å². The summed E-state index contributed by atoms with van der Waals surface area (Å²) in [7, 11) is 0. The van der Waals surface area contributed by atoms with Gasteiger partial charge in [0.2, 0.25) is 0 Å². The maximum Gasteiger partial charge on any atom is 0.162 e. The van der Waals surface area contributed by atoms with Crippen molar-refractivity contribution in [1.82, 2.24) is 0 Å². The second kappa shape index (κ2) is 6.14. The molecule has 1 aromatic rings. The molecule has 0 N–H and O–H groups in total. The Bertz CT molecular complexity index is 397. The number of rotatable bonds is 4. The smallest absolute Gasteiger partial charge is 0.162 e. The zero-order valence-electron chi connectivity index (χ0n) is 11.4. The fourth-order valence-corrected chi connectivity index (χ4v) is 2.61. The van der Waals surface area contributed by atoms with Crippen LogP contribution in [0.5, 0.6) is 0 Å². The highest BCUT2D eigenvalue weighted by atomic mass is 16.5. The maximum atomic E-state index is 12.1. The number of Topliss-reactive ketones (excluding diaryl/α,β-unsaturated/α-hetero) is 1. The van der Waals surface area contributed by atoms with Gasteiger partial charge in [0.15, 0.2) is 5.78 Å². The monoisotopic (exact) mass is 246 g/mol. The van der Waals surface area contributed by atoms with Gasteiger partial charge >= 0.3 is 0 Å². The number of benzene rings is 1. The van der Waals surface area contributed by atoms with Crippen LogP contribution in [0.15, 0.2) is 18.2 Å². The normalized spacial score (nSPS) is 19.8. The van der Waals surface area contributed by atoms with Gasteiger partial charge in [0, 0.05) is 18.6 Å². The van der Waals surface area contributed by atoms with Crippen molar-refractivity contribution >= 4 is 5.78 Å². The summed E-state index contributed by atoms with van der Waals surface area (Å²) in [5.41, 5.74) is 3.17. The first-order valence-electron chi connectivity index (χ1n) is 6.88. The van der Waals surface area contributed by atoms with Crippen molar-refractivity contribution in [1.29, 1.82) is 0 Å². The lowest BCUT2D eigenvalue weighted by atomic mass is 9.98. The first-order valence-corrected chi connectivity index (χ1v) is 6.88. The Morgan fingerprint density at radius 2 is 1.94 bits per heavy atom. The highest BCUT2D eigenvalue weighted by Crippen LogP contribution is 2.19. The molecular weight excluding hydrogens is 224 g/mol. The molecule has 0 radical (unpaired) electrons. The van der Waals surface area contributed by atoms with E-state index in [2.05, 4.69) is 6.07 Å². The van der Waals surface area contributed by atoms with Gasteiger partial charge in [-0.25, -0.2) is 0 Å². The quantitative estimate of drug-likeness (QED) is 0.755. The van der Waals surface area contributed by atoms with Crippen LogP contribution in [0.1, 0.15) is 53.6 Å². The van der Waals surface area contributed by atoms with E-state index in [1.165, 1.54) is 12.8 Å². The molecule has 0 saturated carbocycles. The summed E-state index contributed by atoms with van der Waals surface area (Å²) in [4.78, 5) is 12.1. The van der Waals surface area contributed by atoms with Crippen molar-refractivity contribution in [2.45, 2.75) is 52.1 Å². The van der Waals surface area contributed by atoms with Crippen LogP contribution in [0, 0.1) is 13.8 Å². The summed E-state index contributed by atoms with van der Waals surface area (Å²) >= 11 is 0. The zero-order chi connectivity index (χ0) is 13.0. The molecule has 1 aliphatic heterocycles. The second-order valence-electron chi connectivity index (χ2n) is 5.33. The van der Waals surface area contributed by atoms with Crippen molar-refractivity contribution in [3.05, 3.63) is 34.9 Å². The minimum absolute atomic E-state index is 0.246. The fourth-order valence-electron chi connectivity index (χ4n) is 2.61. The number of hydrogen-bond donors (Lipinski definition) is 0. The molecule has 98 valence electrons. The van der Waals surface area contributed by atoms with Crippen molar-refractivity contribution in [3.63, 3.8) is 0 Å². The molecule has 1 heterocycles. The first kappa shape index (κ1) is 13.3. The maximum absolute atomic E-state index is 12.1. The molecule has 2 heteroatoms. The lowest BCUT2D eigenvalue weighted by Crippen LogP contribution is -2.20. The second-order valence-corrected chi connectivity index (χ2v) is 5.33. The highest BCUT2D eigenvalue weighted by molar-refractivity contribution is 5.96. The Labute approximate surface area is 109 Å². The standard InChI is InChI=1S/C16H22O2/c1-12-9-13(2)11-14(10-12)16(17)7-6-15-5-3-4-8-18-15/h9-11,15H,3-8H2,1-2H3. The molecule has 2 nitrogen and oxygen atoms in total. The Kier molecular flexibility index (Phi) is 4.54. The third-order valence-corrected chi connectivity index (χ3v) is 3.51. The molecule has 1 unspecified atom stereocenters. The van der Waals surface area contributed by atoms with Gasteiger partial charge in [-0.2, -0.15) is 0 Å². The summed E-state index contributed by atoms with van der Waals surface area (Å²) in [6.07, 6.45) is 5.29. The van der Waals surface area contributed by atoms with Gasteiger partial charge in [0.1, 0.15) is 0 Å². The third-order valence-electron chi connectivity index (χ3n) is 3.51. The van der Waals surface area contributed by atoms with Crippen LogP contribution in [-0.4, -0.2) is 18.5 Å². The van der Waals surface area contributed by atoms with Crippen LogP contribution >= 0.6 is 0 Å². The van der Waals surface area contributed by atoms with Crippen LogP contribution in [0.4, 0.5) is 0 Å². The number of ketones is 1. The van der Waals surface area contributed by atoms with Crippen molar-refractivity contribution in [3.8, 4) is 0 Å². The van der Waals surface area contributed by atoms with Crippen LogP contribution in [-0.2, 0) is 4.74 Å². The van der Waals surface area contributed by atoms with Gasteiger partial charge in [-0.1, -0.05) is 17.2 Å². The van der Waals surface area contributed by atoms with E-state index in [1.54, 1.807) is 0 Å². The lowest BCUT2D eigenvalue weighted by Gasteiger charge is -2.22. The van der Waals surface area contributed by atoms with E-state index < -0.39 is 0 Å². The van der Waals surface area contributed by atoms with Crippen molar-refractivity contribution < 1.29 is 9.53 Å². The van der Waals surface area contributed by atoms with Gasteiger partial charge in [-0.3, -0.25) is 4.79 Å². The summed E-state index contributed by atoms with van der Waals surface area (Å²) in [6, 6.07) is 6.06. The van der Waals surface area contributed by atoms with E-state index in [0.717, 1.165) is 36.1 Å². The number of carbonyl (C=O) groups excluding carboxylic acids is 1. The molecule has 0 aromatic heterocycles. The van der Waals surface area contributed by atoms with Crippen LogP contribution in [0.25, 0.3) is 0 Å².